The monoisotopic (exact) mass is 350 g/mol. The molecular weight excluding hydrogens is 336 g/mol. The number of rotatable bonds is 3. The summed E-state index contributed by atoms with van der Waals surface area (Å²) in [5.41, 5.74) is 9.44. The molecule has 2 aromatic heterocycles. The lowest BCUT2D eigenvalue weighted by Crippen LogP contribution is -2.17. The summed E-state index contributed by atoms with van der Waals surface area (Å²) < 4.78 is 9.61. The van der Waals surface area contributed by atoms with Crippen molar-refractivity contribution in [3.63, 3.8) is 0 Å². The van der Waals surface area contributed by atoms with Crippen molar-refractivity contribution in [1.82, 2.24) is 14.3 Å². The number of aromatic nitrogens is 3. The fourth-order valence-electron chi connectivity index (χ4n) is 2.40. The highest BCUT2D eigenvalue weighted by molar-refractivity contribution is 9.10. The summed E-state index contributed by atoms with van der Waals surface area (Å²) in [6, 6.07) is 5.17. The average Bonchev–Trinajstić information content (AvgIpc) is 2.90. The maximum atomic E-state index is 12.1. The number of oxazole rings is 1. The van der Waals surface area contributed by atoms with Gasteiger partial charge >= 0.3 is 5.76 Å². The van der Waals surface area contributed by atoms with Crippen molar-refractivity contribution in [3.05, 3.63) is 44.6 Å². The first-order chi connectivity index (χ1) is 10.0. The lowest BCUT2D eigenvalue weighted by atomic mass is 10.3. The molecule has 0 saturated heterocycles. The molecule has 0 radical (unpaired) electrons. The van der Waals surface area contributed by atoms with Crippen molar-refractivity contribution in [3.8, 4) is 0 Å². The normalized spacial score (nSPS) is 11.4. The summed E-state index contributed by atoms with van der Waals surface area (Å²) >= 11 is 3.54. The van der Waals surface area contributed by atoms with Crippen molar-refractivity contribution in [2.75, 3.05) is 5.73 Å². The minimum absolute atomic E-state index is 0.380. The molecule has 3 rings (SSSR count). The number of halogens is 1. The van der Waals surface area contributed by atoms with Gasteiger partial charge in [0.1, 0.15) is 0 Å². The molecule has 0 unspecified atom stereocenters. The fraction of sp³-hybridized carbons (Fsp3) is 0.286. The fourth-order valence-corrected chi connectivity index (χ4v) is 2.81. The Hall–Kier alpha value is -2.02. The van der Waals surface area contributed by atoms with Crippen LogP contribution in [0.4, 0.5) is 5.69 Å². The minimum atomic E-state index is -0.399. The number of fused-ring (bicyclic) bond motifs is 1. The summed E-state index contributed by atoms with van der Waals surface area (Å²) in [6.45, 7) is 5.05. The topological polar surface area (TPSA) is 79.0 Å². The molecule has 1 aromatic carbocycles. The zero-order valence-electron chi connectivity index (χ0n) is 11.8. The van der Waals surface area contributed by atoms with E-state index in [1.54, 1.807) is 22.8 Å². The Bertz CT molecular complexity index is 875. The lowest BCUT2D eigenvalue weighted by molar-refractivity contribution is 0.507. The molecule has 0 saturated carbocycles. The van der Waals surface area contributed by atoms with Gasteiger partial charge in [0.15, 0.2) is 5.58 Å². The molecule has 0 aliphatic rings. The number of anilines is 1. The third kappa shape index (κ3) is 2.27. The molecule has 0 amide bonds. The van der Waals surface area contributed by atoms with E-state index in [0.29, 0.717) is 23.3 Å². The Morgan fingerprint density at radius 1 is 1.43 bits per heavy atom. The molecule has 0 atom stereocenters. The third-order valence-electron chi connectivity index (χ3n) is 3.45. The molecule has 6 nitrogen and oxygen atoms in total. The number of benzene rings is 1. The molecule has 2 N–H and O–H groups in total. The van der Waals surface area contributed by atoms with E-state index in [1.165, 1.54) is 0 Å². The van der Waals surface area contributed by atoms with E-state index in [-0.39, 0.29) is 0 Å². The van der Waals surface area contributed by atoms with Crippen LogP contribution in [0, 0.1) is 6.92 Å². The Labute approximate surface area is 129 Å². The van der Waals surface area contributed by atoms with Crippen LogP contribution in [0.25, 0.3) is 11.1 Å². The standard InChI is InChI=1S/C14H15BrN4O2/c1-3-19-11(13(15)8(2)17-19)7-18-10-6-9(16)4-5-12(10)21-14(18)20/h4-6H,3,7,16H2,1-2H3. The minimum Gasteiger partial charge on any atom is -0.408 e. The van der Waals surface area contributed by atoms with Crippen LogP contribution in [0.3, 0.4) is 0 Å². The summed E-state index contributed by atoms with van der Waals surface area (Å²) in [5.74, 6) is -0.399. The Morgan fingerprint density at radius 2 is 2.19 bits per heavy atom. The van der Waals surface area contributed by atoms with Gasteiger partial charge in [-0.05, 0) is 48.0 Å². The van der Waals surface area contributed by atoms with Gasteiger partial charge in [-0.2, -0.15) is 5.10 Å². The van der Waals surface area contributed by atoms with Crippen LogP contribution in [0.5, 0.6) is 0 Å². The summed E-state index contributed by atoms with van der Waals surface area (Å²) in [7, 11) is 0. The van der Waals surface area contributed by atoms with E-state index >= 15 is 0 Å². The highest BCUT2D eigenvalue weighted by Gasteiger charge is 2.16. The highest BCUT2D eigenvalue weighted by atomic mass is 79.9. The van der Waals surface area contributed by atoms with E-state index in [2.05, 4.69) is 21.0 Å². The summed E-state index contributed by atoms with van der Waals surface area (Å²) in [4.78, 5) is 12.1. The van der Waals surface area contributed by atoms with Gasteiger partial charge in [0, 0.05) is 12.2 Å². The van der Waals surface area contributed by atoms with Gasteiger partial charge < -0.3 is 10.2 Å². The maximum Gasteiger partial charge on any atom is 0.420 e. The first-order valence-corrected chi connectivity index (χ1v) is 7.41. The van der Waals surface area contributed by atoms with Crippen LogP contribution in [0.15, 0.2) is 31.9 Å². The van der Waals surface area contributed by atoms with E-state index in [0.717, 1.165) is 22.4 Å². The molecule has 3 aromatic rings. The molecule has 110 valence electrons. The Kier molecular flexibility index (Phi) is 3.36. The second kappa shape index (κ2) is 5.07. The largest absolute Gasteiger partial charge is 0.420 e. The first-order valence-electron chi connectivity index (χ1n) is 6.62. The van der Waals surface area contributed by atoms with Crippen molar-refractivity contribution in [2.45, 2.75) is 26.9 Å². The second-order valence-electron chi connectivity index (χ2n) is 4.84. The number of nitrogen functional groups attached to an aromatic ring is 1. The molecule has 2 heterocycles. The van der Waals surface area contributed by atoms with E-state index in [4.69, 9.17) is 10.2 Å². The van der Waals surface area contributed by atoms with Crippen molar-refractivity contribution in [2.24, 2.45) is 0 Å². The average molecular weight is 351 g/mol. The first kappa shape index (κ1) is 13.9. The molecule has 0 aliphatic carbocycles. The van der Waals surface area contributed by atoms with Gasteiger partial charge in [0.05, 0.1) is 27.9 Å². The number of nitrogens with zero attached hydrogens (tertiary/aromatic N) is 3. The molecule has 21 heavy (non-hydrogen) atoms. The summed E-state index contributed by atoms with van der Waals surface area (Å²) in [5, 5.41) is 4.44. The van der Waals surface area contributed by atoms with Gasteiger partial charge in [0.25, 0.3) is 0 Å². The SMILES string of the molecule is CCn1nc(C)c(Br)c1Cn1c(=O)oc2ccc(N)cc21. The second-order valence-corrected chi connectivity index (χ2v) is 5.64. The molecule has 0 aliphatic heterocycles. The van der Waals surface area contributed by atoms with Crippen LogP contribution in [-0.2, 0) is 13.1 Å². The summed E-state index contributed by atoms with van der Waals surface area (Å²) in [6.07, 6.45) is 0. The van der Waals surface area contributed by atoms with Crippen molar-refractivity contribution in [1.29, 1.82) is 0 Å². The van der Waals surface area contributed by atoms with E-state index in [1.807, 2.05) is 18.5 Å². The van der Waals surface area contributed by atoms with Crippen molar-refractivity contribution >= 4 is 32.7 Å². The van der Waals surface area contributed by atoms with Gasteiger partial charge in [-0.1, -0.05) is 0 Å². The van der Waals surface area contributed by atoms with Gasteiger partial charge in [-0.15, -0.1) is 0 Å². The third-order valence-corrected chi connectivity index (χ3v) is 4.48. The van der Waals surface area contributed by atoms with Crippen LogP contribution >= 0.6 is 15.9 Å². The zero-order valence-corrected chi connectivity index (χ0v) is 13.3. The predicted molar refractivity (Wildman–Crippen MR) is 84.3 cm³/mol. The van der Waals surface area contributed by atoms with Gasteiger partial charge in [0.2, 0.25) is 0 Å². The predicted octanol–water partition coefficient (Wildman–Crippen LogP) is 2.51. The molecule has 7 heteroatoms. The number of hydrogen-bond donors (Lipinski definition) is 1. The molecule has 0 spiro atoms. The van der Waals surface area contributed by atoms with Crippen LogP contribution in [-0.4, -0.2) is 14.3 Å². The Morgan fingerprint density at radius 3 is 2.90 bits per heavy atom. The smallest absolute Gasteiger partial charge is 0.408 e. The van der Waals surface area contributed by atoms with Gasteiger partial charge in [-0.3, -0.25) is 9.25 Å². The zero-order chi connectivity index (χ0) is 15.1. The van der Waals surface area contributed by atoms with Gasteiger partial charge in [-0.25, -0.2) is 4.79 Å². The molecule has 0 bridgehead atoms. The van der Waals surface area contributed by atoms with Crippen LogP contribution in [0.1, 0.15) is 18.3 Å². The quantitative estimate of drug-likeness (QED) is 0.736. The molecular formula is C14H15BrN4O2. The van der Waals surface area contributed by atoms with Crippen LogP contribution in [0.2, 0.25) is 0 Å². The number of hydrogen-bond acceptors (Lipinski definition) is 4. The lowest BCUT2D eigenvalue weighted by Gasteiger charge is -2.06. The van der Waals surface area contributed by atoms with E-state index in [9.17, 15) is 4.79 Å². The van der Waals surface area contributed by atoms with Crippen LogP contribution < -0.4 is 11.5 Å². The van der Waals surface area contributed by atoms with E-state index < -0.39 is 5.76 Å². The number of nitrogens with two attached hydrogens (primary N) is 1. The number of aryl methyl sites for hydroxylation is 2. The highest BCUT2D eigenvalue weighted by Crippen LogP contribution is 2.24. The molecule has 0 fully saturated rings. The Balaban J connectivity index is 2.16. The van der Waals surface area contributed by atoms with Crippen molar-refractivity contribution < 1.29 is 4.42 Å². The maximum absolute atomic E-state index is 12.1.